The molecular weight excluding hydrogens is 504 g/mol. The zero-order valence-corrected chi connectivity index (χ0v) is 23.4. The summed E-state index contributed by atoms with van der Waals surface area (Å²) >= 11 is 6.45. The molecular formula is C29H37ClN4O4. The summed E-state index contributed by atoms with van der Waals surface area (Å²) in [5.41, 5.74) is 1.38. The molecule has 204 valence electrons. The molecule has 2 aromatic carbocycles. The Bertz CT molecular complexity index is 1260. The number of urea groups is 1. The molecule has 2 N–H and O–H groups in total. The molecule has 38 heavy (non-hydrogen) atoms. The predicted molar refractivity (Wildman–Crippen MR) is 152 cm³/mol. The lowest BCUT2D eigenvalue weighted by molar-refractivity contribution is 0.230. The van der Waals surface area contributed by atoms with Crippen LogP contribution in [0.2, 0.25) is 5.02 Å². The summed E-state index contributed by atoms with van der Waals surface area (Å²) in [6, 6.07) is 10.4. The molecule has 0 spiro atoms. The zero-order chi connectivity index (χ0) is 27.1. The van der Waals surface area contributed by atoms with Gasteiger partial charge in [0.2, 0.25) is 0 Å². The molecule has 1 saturated heterocycles. The minimum atomic E-state index is -0.296. The standard InChI is InChI=1S/C29H37ClN4O4/c1-29(2,3)10-12-32-28(35)33-23-8-7-20(17-22(23)30)38-25-9-11-31-24-19-27(26(36-4)18-21(24)25)37-16-15-34-13-5-6-14-34/h7-9,11,17-19H,5-6,10,12-16H2,1-4H3,(H2,32,33,35). The van der Waals surface area contributed by atoms with Crippen LogP contribution in [0.1, 0.15) is 40.0 Å². The first-order valence-corrected chi connectivity index (χ1v) is 13.4. The average molecular weight is 541 g/mol. The quantitative estimate of drug-likeness (QED) is 0.297. The van der Waals surface area contributed by atoms with Crippen LogP contribution in [-0.4, -0.2) is 55.8 Å². The minimum absolute atomic E-state index is 0.146. The van der Waals surface area contributed by atoms with Gasteiger partial charge in [0, 0.05) is 36.8 Å². The summed E-state index contributed by atoms with van der Waals surface area (Å²) in [4.78, 5) is 19.2. The van der Waals surface area contributed by atoms with E-state index in [1.165, 1.54) is 12.8 Å². The van der Waals surface area contributed by atoms with Gasteiger partial charge in [-0.3, -0.25) is 9.88 Å². The van der Waals surface area contributed by atoms with E-state index in [2.05, 4.69) is 41.3 Å². The number of carbonyl (C=O) groups is 1. The van der Waals surface area contributed by atoms with Crippen LogP contribution in [0.4, 0.5) is 10.5 Å². The van der Waals surface area contributed by atoms with Gasteiger partial charge >= 0.3 is 6.03 Å². The van der Waals surface area contributed by atoms with Crippen molar-refractivity contribution < 1.29 is 19.0 Å². The van der Waals surface area contributed by atoms with Crippen molar-refractivity contribution in [2.75, 3.05) is 45.2 Å². The fourth-order valence-corrected chi connectivity index (χ4v) is 4.50. The lowest BCUT2D eigenvalue weighted by atomic mass is 9.92. The SMILES string of the molecule is COc1cc2c(Oc3ccc(NC(=O)NCCC(C)(C)C)c(Cl)c3)ccnc2cc1OCCN1CCCC1. The number of rotatable bonds is 10. The fraction of sp³-hybridized carbons (Fsp3) is 0.448. The van der Waals surface area contributed by atoms with Gasteiger partial charge in [0.15, 0.2) is 11.5 Å². The Kier molecular flexibility index (Phi) is 9.17. The van der Waals surface area contributed by atoms with Crippen molar-refractivity contribution in [3.05, 3.63) is 47.6 Å². The summed E-state index contributed by atoms with van der Waals surface area (Å²) in [6.45, 7) is 10.7. The molecule has 9 heteroatoms. The zero-order valence-electron chi connectivity index (χ0n) is 22.6. The van der Waals surface area contributed by atoms with E-state index in [1.54, 1.807) is 37.6 Å². The first kappa shape index (κ1) is 27.8. The predicted octanol–water partition coefficient (Wildman–Crippen LogP) is 6.72. The second kappa shape index (κ2) is 12.5. The number of fused-ring (bicyclic) bond motifs is 1. The van der Waals surface area contributed by atoms with Crippen LogP contribution in [-0.2, 0) is 0 Å². The maximum atomic E-state index is 12.2. The first-order valence-electron chi connectivity index (χ1n) is 13.1. The molecule has 8 nitrogen and oxygen atoms in total. The number of nitrogens with one attached hydrogen (secondary N) is 2. The number of aromatic nitrogens is 1. The number of hydrogen-bond donors (Lipinski definition) is 2. The van der Waals surface area contributed by atoms with E-state index < -0.39 is 0 Å². The van der Waals surface area contributed by atoms with E-state index in [0.717, 1.165) is 37.0 Å². The van der Waals surface area contributed by atoms with Crippen molar-refractivity contribution in [2.24, 2.45) is 5.41 Å². The van der Waals surface area contributed by atoms with Crippen molar-refractivity contribution in [3.8, 4) is 23.0 Å². The topological polar surface area (TPSA) is 85.0 Å². The second-order valence-electron chi connectivity index (χ2n) is 10.7. The number of anilines is 1. The van der Waals surface area contributed by atoms with Crippen LogP contribution in [0.15, 0.2) is 42.6 Å². The van der Waals surface area contributed by atoms with E-state index in [1.807, 2.05) is 12.1 Å². The van der Waals surface area contributed by atoms with Crippen LogP contribution >= 0.6 is 11.6 Å². The molecule has 1 fully saturated rings. The van der Waals surface area contributed by atoms with Crippen molar-refractivity contribution in [3.63, 3.8) is 0 Å². The third-order valence-electron chi connectivity index (χ3n) is 6.43. The average Bonchev–Trinajstić information content (AvgIpc) is 3.38. The Morgan fingerprint density at radius 2 is 1.87 bits per heavy atom. The number of ether oxygens (including phenoxy) is 3. The lowest BCUT2D eigenvalue weighted by Gasteiger charge is -2.18. The van der Waals surface area contributed by atoms with Crippen molar-refractivity contribution in [2.45, 2.75) is 40.0 Å². The van der Waals surface area contributed by atoms with Crippen LogP contribution in [0.3, 0.4) is 0 Å². The highest BCUT2D eigenvalue weighted by Crippen LogP contribution is 2.38. The maximum Gasteiger partial charge on any atom is 0.319 e. The maximum absolute atomic E-state index is 12.2. The molecule has 4 rings (SSSR count). The Morgan fingerprint density at radius 3 is 2.58 bits per heavy atom. The van der Waals surface area contributed by atoms with Crippen molar-refractivity contribution in [1.82, 2.24) is 15.2 Å². The number of amides is 2. The number of halogens is 1. The van der Waals surface area contributed by atoms with Crippen LogP contribution in [0, 0.1) is 5.41 Å². The van der Waals surface area contributed by atoms with E-state index in [4.69, 9.17) is 25.8 Å². The molecule has 0 aliphatic carbocycles. The van der Waals surface area contributed by atoms with Gasteiger partial charge in [-0.25, -0.2) is 4.79 Å². The molecule has 0 saturated carbocycles. The lowest BCUT2D eigenvalue weighted by Crippen LogP contribution is -2.31. The molecule has 0 radical (unpaired) electrons. The summed E-state index contributed by atoms with van der Waals surface area (Å²) in [5.74, 6) is 2.41. The molecule has 0 atom stereocenters. The number of likely N-dealkylation sites (tertiary alicyclic amines) is 1. The van der Waals surface area contributed by atoms with Crippen LogP contribution in [0.25, 0.3) is 10.9 Å². The van der Waals surface area contributed by atoms with Crippen LogP contribution in [0.5, 0.6) is 23.0 Å². The second-order valence-corrected chi connectivity index (χ2v) is 11.1. The van der Waals surface area contributed by atoms with Crippen molar-refractivity contribution in [1.29, 1.82) is 0 Å². The highest BCUT2D eigenvalue weighted by Gasteiger charge is 2.16. The largest absolute Gasteiger partial charge is 0.493 e. The molecule has 2 heterocycles. The summed E-state index contributed by atoms with van der Waals surface area (Å²) in [5, 5.41) is 6.81. The first-order chi connectivity index (χ1) is 18.2. The number of hydrogen-bond acceptors (Lipinski definition) is 6. The van der Waals surface area contributed by atoms with Gasteiger partial charge in [0.25, 0.3) is 0 Å². The molecule has 0 unspecified atom stereocenters. The van der Waals surface area contributed by atoms with Gasteiger partial charge in [-0.2, -0.15) is 0 Å². The molecule has 1 aliphatic rings. The fourth-order valence-electron chi connectivity index (χ4n) is 4.29. The third kappa shape index (κ3) is 7.65. The summed E-state index contributed by atoms with van der Waals surface area (Å²) in [7, 11) is 1.62. The third-order valence-corrected chi connectivity index (χ3v) is 6.74. The summed E-state index contributed by atoms with van der Waals surface area (Å²) < 4.78 is 17.8. The van der Waals surface area contributed by atoms with E-state index in [0.29, 0.717) is 46.9 Å². The molecule has 0 bridgehead atoms. The van der Waals surface area contributed by atoms with Gasteiger partial charge in [0.05, 0.1) is 23.3 Å². The molecule has 2 amide bonds. The van der Waals surface area contributed by atoms with Crippen LogP contribution < -0.4 is 24.8 Å². The molecule has 1 aliphatic heterocycles. The normalized spacial score (nSPS) is 13.9. The van der Waals surface area contributed by atoms with Gasteiger partial charge < -0.3 is 24.8 Å². The van der Waals surface area contributed by atoms with Gasteiger partial charge in [0.1, 0.15) is 18.1 Å². The number of benzene rings is 2. The van der Waals surface area contributed by atoms with E-state index >= 15 is 0 Å². The smallest absolute Gasteiger partial charge is 0.319 e. The highest BCUT2D eigenvalue weighted by molar-refractivity contribution is 6.33. The number of methoxy groups -OCH3 is 1. The van der Waals surface area contributed by atoms with Gasteiger partial charge in [-0.15, -0.1) is 0 Å². The Balaban J connectivity index is 1.43. The highest BCUT2D eigenvalue weighted by atomic mass is 35.5. The minimum Gasteiger partial charge on any atom is -0.493 e. The summed E-state index contributed by atoms with van der Waals surface area (Å²) in [6.07, 6.45) is 5.07. The molecule has 1 aromatic heterocycles. The molecule has 3 aromatic rings. The number of carbonyl (C=O) groups excluding carboxylic acids is 1. The number of pyridine rings is 1. The van der Waals surface area contributed by atoms with E-state index in [9.17, 15) is 4.79 Å². The monoisotopic (exact) mass is 540 g/mol. The Hall–Kier alpha value is -3.23. The van der Waals surface area contributed by atoms with Gasteiger partial charge in [-0.05, 0) is 62.0 Å². The Labute approximate surface area is 229 Å². The Morgan fingerprint density at radius 1 is 1.08 bits per heavy atom. The van der Waals surface area contributed by atoms with Crippen molar-refractivity contribution >= 4 is 34.2 Å². The van der Waals surface area contributed by atoms with E-state index in [-0.39, 0.29) is 11.4 Å². The number of nitrogens with zero attached hydrogens (tertiary/aromatic N) is 2. The van der Waals surface area contributed by atoms with Gasteiger partial charge in [-0.1, -0.05) is 32.4 Å².